The van der Waals surface area contributed by atoms with Crippen LogP contribution < -0.4 is 4.74 Å². The van der Waals surface area contributed by atoms with E-state index in [1.54, 1.807) is 0 Å². The highest BCUT2D eigenvalue weighted by atomic mass is 16.6. The maximum Gasteiger partial charge on any atom is 0.303 e. The van der Waals surface area contributed by atoms with Crippen molar-refractivity contribution in [3.63, 3.8) is 0 Å². The van der Waals surface area contributed by atoms with E-state index >= 15 is 0 Å². The first-order chi connectivity index (χ1) is 13.8. The van der Waals surface area contributed by atoms with Crippen molar-refractivity contribution in [1.82, 2.24) is 19.9 Å². The summed E-state index contributed by atoms with van der Waals surface area (Å²) in [6, 6.07) is 0. The highest BCUT2D eigenvalue weighted by molar-refractivity contribution is 5.75. The molecule has 0 radical (unpaired) electrons. The molecule has 12 heteroatoms. The van der Waals surface area contributed by atoms with E-state index in [0.29, 0.717) is 11.2 Å². The van der Waals surface area contributed by atoms with Crippen molar-refractivity contribution in [1.29, 1.82) is 0 Å². The molecule has 156 valence electrons. The molecule has 0 amide bonds. The molecule has 3 heterocycles. The maximum atomic E-state index is 11.7. The zero-order valence-corrected chi connectivity index (χ0v) is 16.2. The van der Waals surface area contributed by atoms with Gasteiger partial charge in [-0.1, -0.05) is 0 Å². The molecule has 2 aromatic rings. The van der Waals surface area contributed by atoms with Crippen LogP contribution in [0.25, 0.3) is 11.2 Å². The van der Waals surface area contributed by atoms with Crippen LogP contribution in [0.15, 0.2) is 6.33 Å². The van der Waals surface area contributed by atoms with Crippen LogP contribution in [0.5, 0.6) is 5.88 Å². The van der Waals surface area contributed by atoms with Gasteiger partial charge >= 0.3 is 17.9 Å². The van der Waals surface area contributed by atoms with Crippen LogP contribution in [0.3, 0.4) is 0 Å². The highest BCUT2D eigenvalue weighted by Crippen LogP contribution is 2.37. The van der Waals surface area contributed by atoms with Gasteiger partial charge in [0, 0.05) is 20.8 Å². The fourth-order valence-corrected chi connectivity index (χ4v) is 3.02. The summed E-state index contributed by atoms with van der Waals surface area (Å²) in [5.74, 6) is -1.47. The summed E-state index contributed by atoms with van der Waals surface area (Å²) >= 11 is 0. The average Bonchev–Trinajstić information content (AvgIpc) is 3.24. The van der Waals surface area contributed by atoms with E-state index in [1.165, 1.54) is 34.2 Å². The minimum Gasteiger partial charge on any atom is -0.479 e. The Morgan fingerprint density at radius 1 is 1.07 bits per heavy atom. The number of H-pyrrole nitrogens is 1. The third-order valence-electron chi connectivity index (χ3n) is 4.08. The van der Waals surface area contributed by atoms with Gasteiger partial charge in [0.1, 0.15) is 18.2 Å². The molecule has 2 aromatic heterocycles. The molecular weight excluding hydrogens is 388 g/mol. The van der Waals surface area contributed by atoms with E-state index in [0.717, 1.165) is 0 Å². The van der Waals surface area contributed by atoms with Gasteiger partial charge in [-0.3, -0.25) is 14.4 Å². The maximum absolute atomic E-state index is 11.7. The van der Waals surface area contributed by atoms with Crippen LogP contribution in [0.2, 0.25) is 0 Å². The largest absolute Gasteiger partial charge is 0.479 e. The quantitative estimate of drug-likeness (QED) is 0.516. The summed E-state index contributed by atoms with van der Waals surface area (Å²) in [5, 5.41) is 0. The van der Waals surface area contributed by atoms with E-state index < -0.39 is 42.3 Å². The van der Waals surface area contributed by atoms with Crippen molar-refractivity contribution in [2.45, 2.75) is 45.2 Å². The number of imidazole rings is 1. The van der Waals surface area contributed by atoms with Crippen molar-refractivity contribution in [3.8, 4) is 5.88 Å². The van der Waals surface area contributed by atoms with E-state index in [4.69, 9.17) is 23.7 Å². The molecular formula is C17H20N4O8. The van der Waals surface area contributed by atoms with E-state index in [2.05, 4.69) is 19.9 Å². The molecule has 1 saturated heterocycles. The fraction of sp³-hybridized carbons (Fsp3) is 0.529. The molecule has 1 N–H and O–H groups in total. The summed E-state index contributed by atoms with van der Waals surface area (Å²) < 4.78 is 26.8. The number of carbonyl (C=O) groups excluding carboxylic acids is 3. The van der Waals surface area contributed by atoms with Gasteiger partial charge in [-0.05, 0) is 0 Å². The Bertz CT molecular complexity index is 929. The number of aromatic nitrogens is 4. The lowest BCUT2D eigenvalue weighted by Crippen LogP contribution is -2.40. The molecule has 0 aliphatic carbocycles. The van der Waals surface area contributed by atoms with Gasteiger partial charge in [0.25, 0.3) is 0 Å². The number of nitrogens with one attached hydrogen (secondary N) is 1. The Labute approximate surface area is 164 Å². The standard InChI is InChI=1S/C17H20N4O8/c1-7(22)26-5-10-12(27-8(2)23)13(28-9(3)24)14(29-10)16-20-15-11(18-6-19-15)17(21-16)25-4/h6,10,12-14H,5H2,1-4H3,(H,18,19,20,21)/t10-,12+,13-,14-/m1/s1. The molecule has 0 spiro atoms. The van der Waals surface area contributed by atoms with Gasteiger partial charge in [-0.15, -0.1) is 0 Å². The first-order valence-electron chi connectivity index (χ1n) is 8.68. The smallest absolute Gasteiger partial charge is 0.303 e. The Morgan fingerprint density at radius 3 is 2.38 bits per heavy atom. The molecule has 3 rings (SSSR count). The predicted molar refractivity (Wildman–Crippen MR) is 93.6 cm³/mol. The molecule has 0 saturated carbocycles. The Morgan fingerprint density at radius 2 is 1.76 bits per heavy atom. The molecule has 12 nitrogen and oxygen atoms in total. The number of fused-ring (bicyclic) bond motifs is 1. The Hall–Kier alpha value is -3.28. The second kappa shape index (κ2) is 8.39. The van der Waals surface area contributed by atoms with Crippen molar-refractivity contribution < 1.29 is 38.1 Å². The van der Waals surface area contributed by atoms with Crippen LogP contribution in [-0.4, -0.2) is 69.9 Å². The molecule has 0 unspecified atom stereocenters. The number of carbonyl (C=O) groups is 3. The number of nitrogens with zero attached hydrogens (tertiary/aromatic N) is 3. The van der Waals surface area contributed by atoms with Crippen molar-refractivity contribution >= 4 is 29.1 Å². The third kappa shape index (κ3) is 4.42. The van der Waals surface area contributed by atoms with Crippen LogP contribution in [-0.2, 0) is 33.3 Å². The molecule has 1 fully saturated rings. The van der Waals surface area contributed by atoms with E-state index in [1.807, 2.05) is 0 Å². The summed E-state index contributed by atoms with van der Waals surface area (Å²) in [6.45, 7) is 3.43. The lowest BCUT2D eigenvalue weighted by molar-refractivity contribution is -0.165. The van der Waals surface area contributed by atoms with Crippen LogP contribution in [0.1, 0.15) is 32.7 Å². The van der Waals surface area contributed by atoms with Gasteiger partial charge in [-0.25, -0.2) is 9.97 Å². The molecule has 0 aromatic carbocycles. The molecule has 29 heavy (non-hydrogen) atoms. The van der Waals surface area contributed by atoms with Gasteiger partial charge in [-0.2, -0.15) is 4.98 Å². The van der Waals surface area contributed by atoms with Crippen LogP contribution in [0.4, 0.5) is 0 Å². The second-order valence-corrected chi connectivity index (χ2v) is 6.24. The van der Waals surface area contributed by atoms with Crippen LogP contribution in [0, 0.1) is 0 Å². The number of methoxy groups -OCH3 is 1. The van der Waals surface area contributed by atoms with Gasteiger partial charge in [0.2, 0.25) is 5.88 Å². The summed E-state index contributed by atoms with van der Waals surface area (Å²) in [5.41, 5.74) is 0.788. The fourth-order valence-electron chi connectivity index (χ4n) is 3.02. The topological polar surface area (TPSA) is 152 Å². The molecule has 0 bridgehead atoms. The van der Waals surface area contributed by atoms with Crippen molar-refractivity contribution in [2.24, 2.45) is 0 Å². The highest BCUT2D eigenvalue weighted by Gasteiger charge is 2.51. The van der Waals surface area contributed by atoms with E-state index in [9.17, 15) is 14.4 Å². The lowest BCUT2D eigenvalue weighted by atomic mass is 10.1. The first-order valence-corrected chi connectivity index (χ1v) is 8.68. The van der Waals surface area contributed by atoms with Gasteiger partial charge < -0.3 is 28.7 Å². The lowest BCUT2D eigenvalue weighted by Gasteiger charge is -2.23. The normalized spacial score (nSPS) is 23.6. The summed E-state index contributed by atoms with van der Waals surface area (Å²) in [6.07, 6.45) is -2.60. The molecule has 4 atom stereocenters. The Kier molecular flexibility index (Phi) is 5.92. The minimum absolute atomic E-state index is 0.107. The zero-order valence-electron chi connectivity index (χ0n) is 16.2. The van der Waals surface area contributed by atoms with E-state index in [-0.39, 0.29) is 18.3 Å². The zero-order chi connectivity index (χ0) is 21.1. The number of esters is 3. The number of ether oxygens (including phenoxy) is 5. The van der Waals surface area contributed by atoms with Gasteiger partial charge in [0.05, 0.1) is 13.4 Å². The number of rotatable bonds is 6. The second-order valence-electron chi connectivity index (χ2n) is 6.24. The average molecular weight is 408 g/mol. The predicted octanol–water partition coefficient (Wildman–Crippen LogP) is 0.228. The SMILES string of the molecule is COc1nc([C@@H]2O[C@H](COC(C)=O)[C@H](OC(C)=O)[C@H]2OC(C)=O)nc2nc[nH]c12. The first kappa shape index (κ1) is 20.5. The number of hydrogen-bond donors (Lipinski definition) is 1. The Balaban J connectivity index is 2.01. The summed E-state index contributed by atoms with van der Waals surface area (Å²) in [7, 11) is 1.43. The molecule has 1 aliphatic rings. The van der Waals surface area contributed by atoms with Crippen LogP contribution >= 0.6 is 0 Å². The van der Waals surface area contributed by atoms with Crippen molar-refractivity contribution in [2.75, 3.05) is 13.7 Å². The van der Waals surface area contributed by atoms with Gasteiger partial charge in [0.15, 0.2) is 29.8 Å². The monoisotopic (exact) mass is 408 g/mol. The number of hydrogen-bond acceptors (Lipinski definition) is 11. The third-order valence-corrected chi connectivity index (χ3v) is 4.08. The van der Waals surface area contributed by atoms with Crippen molar-refractivity contribution in [3.05, 3.63) is 12.2 Å². The minimum atomic E-state index is -1.07. The summed E-state index contributed by atoms with van der Waals surface area (Å²) in [4.78, 5) is 50.1. The molecule has 1 aliphatic heterocycles. The number of aromatic amines is 1.